The monoisotopic (exact) mass is 299 g/mol. The zero-order chi connectivity index (χ0) is 16.1. The summed E-state index contributed by atoms with van der Waals surface area (Å²) >= 11 is 0. The Balaban J connectivity index is 2.75. The van der Waals surface area contributed by atoms with Gasteiger partial charge < -0.3 is 15.4 Å². The van der Waals surface area contributed by atoms with Crippen molar-refractivity contribution in [3.8, 4) is 0 Å². The molecule has 0 aromatic rings. The van der Waals surface area contributed by atoms with Gasteiger partial charge >= 0.3 is 6.09 Å². The van der Waals surface area contributed by atoms with Crippen LogP contribution in [0.2, 0.25) is 0 Å². The summed E-state index contributed by atoms with van der Waals surface area (Å²) in [6, 6.07) is 0. The van der Waals surface area contributed by atoms with Gasteiger partial charge in [0.05, 0.1) is 0 Å². The van der Waals surface area contributed by atoms with Crippen LogP contribution in [0.1, 0.15) is 40.0 Å². The summed E-state index contributed by atoms with van der Waals surface area (Å²) in [6.07, 6.45) is 2.57. The molecule has 3 amide bonds. The second-order valence-corrected chi connectivity index (χ2v) is 6.30. The van der Waals surface area contributed by atoms with Gasteiger partial charge in [0.1, 0.15) is 11.1 Å². The van der Waals surface area contributed by atoms with Gasteiger partial charge in [-0.1, -0.05) is 6.42 Å². The number of likely N-dealkylation sites (N-methyl/N-ethyl adjacent to an activating group) is 1. The molecule has 21 heavy (non-hydrogen) atoms. The Morgan fingerprint density at radius 1 is 1.29 bits per heavy atom. The third-order valence-corrected chi connectivity index (χ3v) is 3.75. The largest absolute Gasteiger partial charge is 0.444 e. The van der Waals surface area contributed by atoms with Crippen LogP contribution in [0.3, 0.4) is 0 Å². The summed E-state index contributed by atoms with van der Waals surface area (Å²) in [7, 11) is 1.65. The maximum absolute atomic E-state index is 12.2. The SMILES string of the molecule is CNC(CNC(=O)OC(C)(C)C)(C(=O)NC=O)C1CCC1. The molecule has 1 aliphatic rings. The molecule has 0 saturated heterocycles. The lowest BCUT2D eigenvalue weighted by atomic mass is 9.70. The molecule has 0 heterocycles. The van der Waals surface area contributed by atoms with E-state index in [1.165, 1.54) is 0 Å². The predicted molar refractivity (Wildman–Crippen MR) is 77.6 cm³/mol. The maximum atomic E-state index is 12.2. The minimum Gasteiger partial charge on any atom is -0.444 e. The van der Waals surface area contributed by atoms with Crippen LogP contribution in [0.5, 0.6) is 0 Å². The van der Waals surface area contributed by atoms with Crippen LogP contribution in [0.4, 0.5) is 4.79 Å². The van der Waals surface area contributed by atoms with Crippen molar-refractivity contribution in [3.05, 3.63) is 0 Å². The number of ether oxygens (including phenoxy) is 1. The fourth-order valence-corrected chi connectivity index (χ4v) is 2.43. The minimum absolute atomic E-state index is 0.0722. The summed E-state index contributed by atoms with van der Waals surface area (Å²) in [5.41, 5.74) is -1.59. The molecule has 120 valence electrons. The second-order valence-electron chi connectivity index (χ2n) is 6.30. The van der Waals surface area contributed by atoms with Crippen molar-refractivity contribution in [3.63, 3.8) is 0 Å². The molecule has 3 N–H and O–H groups in total. The lowest BCUT2D eigenvalue weighted by molar-refractivity contribution is -0.133. The van der Waals surface area contributed by atoms with Crippen molar-refractivity contribution in [2.24, 2.45) is 5.92 Å². The van der Waals surface area contributed by atoms with E-state index in [1.807, 2.05) is 0 Å². The first-order valence-corrected chi connectivity index (χ1v) is 7.15. The molecule has 7 nitrogen and oxygen atoms in total. The van der Waals surface area contributed by atoms with E-state index in [1.54, 1.807) is 27.8 Å². The molecule has 1 atom stereocenters. The first-order chi connectivity index (χ1) is 9.75. The van der Waals surface area contributed by atoms with Gasteiger partial charge in [0.25, 0.3) is 0 Å². The topological polar surface area (TPSA) is 96.5 Å². The van der Waals surface area contributed by atoms with Gasteiger partial charge in [-0.2, -0.15) is 0 Å². The van der Waals surface area contributed by atoms with Gasteiger partial charge in [-0.05, 0) is 46.6 Å². The highest BCUT2D eigenvalue weighted by atomic mass is 16.6. The van der Waals surface area contributed by atoms with Crippen LogP contribution < -0.4 is 16.0 Å². The Bertz CT molecular complexity index is 402. The van der Waals surface area contributed by atoms with Crippen LogP contribution in [0.15, 0.2) is 0 Å². The third-order valence-electron chi connectivity index (χ3n) is 3.75. The Kier molecular flexibility index (Phi) is 5.71. The molecule has 0 spiro atoms. The van der Waals surface area contributed by atoms with Crippen LogP contribution in [0, 0.1) is 5.92 Å². The van der Waals surface area contributed by atoms with Gasteiger partial charge in [0, 0.05) is 6.54 Å². The van der Waals surface area contributed by atoms with Crippen molar-refractivity contribution >= 4 is 18.4 Å². The quantitative estimate of drug-likeness (QED) is 0.622. The standard InChI is InChI=1S/C14H25N3O4/c1-13(2,3)21-12(20)16-8-14(15-4,10-6-5-7-10)11(19)17-9-18/h9-10,15H,5-8H2,1-4H3,(H,16,20)(H,17,18,19). The zero-order valence-electron chi connectivity index (χ0n) is 13.1. The highest BCUT2D eigenvalue weighted by Crippen LogP contribution is 2.36. The predicted octanol–water partition coefficient (Wildman–Crippen LogP) is 0.542. The number of amides is 3. The molecule has 7 heteroatoms. The summed E-state index contributed by atoms with van der Waals surface area (Å²) in [5, 5.41) is 7.78. The second kappa shape index (κ2) is 6.89. The average Bonchev–Trinajstić information content (AvgIpc) is 2.30. The summed E-state index contributed by atoms with van der Waals surface area (Å²) in [5.74, 6) is -0.349. The van der Waals surface area contributed by atoms with Crippen molar-refractivity contribution < 1.29 is 19.1 Å². The van der Waals surface area contributed by atoms with Gasteiger partial charge in [-0.3, -0.25) is 14.9 Å². The van der Waals surface area contributed by atoms with Crippen LogP contribution in [-0.2, 0) is 14.3 Å². The molecule has 0 radical (unpaired) electrons. The number of nitrogens with one attached hydrogen (secondary N) is 3. The normalized spacial score (nSPS) is 18.1. The molecule has 0 aromatic heterocycles. The van der Waals surface area contributed by atoms with Gasteiger partial charge in [0.15, 0.2) is 0 Å². The number of alkyl carbamates (subject to hydrolysis) is 1. The number of rotatable bonds is 6. The van der Waals surface area contributed by atoms with E-state index >= 15 is 0 Å². The van der Waals surface area contributed by atoms with Gasteiger partial charge in [-0.25, -0.2) is 4.79 Å². The highest BCUT2D eigenvalue weighted by Gasteiger charge is 2.47. The first-order valence-electron chi connectivity index (χ1n) is 7.15. The molecule has 1 rings (SSSR count). The number of carbonyl (C=O) groups excluding carboxylic acids is 3. The molecule has 1 fully saturated rings. The molecule has 1 unspecified atom stereocenters. The Labute approximate surface area is 125 Å². The van der Waals surface area contributed by atoms with Gasteiger partial charge in [-0.15, -0.1) is 0 Å². The highest BCUT2D eigenvalue weighted by molar-refractivity contribution is 5.94. The van der Waals surface area contributed by atoms with E-state index < -0.39 is 23.1 Å². The van der Waals surface area contributed by atoms with E-state index in [4.69, 9.17) is 4.74 Å². The van der Waals surface area contributed by atoms with Crippen LogP contribution >= 0.6 is 0 Å². The van der Waals surface area contributed by atoms with Gasteiger partial charge in [0.2, 0.25) is 12.3 Å². The summed E-state index contributed by atoms with van der Waals surface area (Å²) in [4.78, 5) is 34.6. The lowest BCUT2D eigenvalue weighted by Gasteiger charge is -2.43. The molecule has 0 aliphatic heterocycles. The molecule has 1 aliphatic carbocycles. The maximum Gasteiger partial charge on any atom is 0.407 e. The number of hydrogen-bond acceptors (Lipinski definition) is 5. The fraction of sp³-hybridized carbons (Fsp3) is 0.786. The first kappa shape index (κ1) is 17.4. The van der Waals surface area contributed by atoms with E-state index in [0.29, 0.717) is 6.41 Å². The molecular formula is C14H25N3O4. The van der Waals surface area contributed by atoms with E-state index in [2.05, 4.69) is 16.0 Å². The lowest BCUT2D eigenvalue weighted by Crippen LogP contribution is -2.67. The van der Waals surface area contributed by atoms with E-state index in [0.717, 1.165) is 19.3 Å². The minimum atomic E-state index is -0.990. The molecule has 0 aromatic carbocycles. The Hall–Kier alpha value is -1.63. The summed E-state index contributed by atoms with van der Waals surface area (Å²) in [6.45, 7) is 5.37. The van der Waals surface area contributed by atoms with Crippen molar-refractivity contribution in [1.82, 2.24) is 16.0 Å². The van der Waals surface area contributed by atoms with Crippen molar-refractivity contribution in [1.29, 1.82) is 0 Å². The smallest absolute Gasteiger partial charge is 0.407 e. The fourth-order valence-electron chi connectivity index (χ4n) is 2.43. The van der Waals surface area contributed by atoms with Crippen molar-refractivity contribution in [2.45, 2.75) is 51.2 Å². The molecule has 0 bridgehead atoms. The van der Waals surface area contributed by atoms with E-state index in [-0.39, 0.29) is 12.5 Å². The Morgan fingerprint density at radius 3 is 2.29 bits per heavy atom. The Morgan fingerprint density at radius 2 is 1.90 bits per heavy atom. The molecule has 1 saturated carbocycles. The van der Waals surface area contributed by atoms with Crippen molar-refractivity contribution in [2.75, 3.05) is 13.6 Å². The average molecular weight is 299 g/mol. The van der Waals surface area contributed by atoms with Crippen LogP contribution in [0.25, 0.3) is 0 Å². The van der Waals surface area contributed by atoms with Crippen LogP contribution in [-0.4, -0.2) is 43.1 Å². The molecular weight excluding hydrogens is 274 g/mol. The summed E-state index contributed by atoms with van der Waals surface area (Å²) < 4.78 is 5.17. The third kappa shape index (κ3) is 4.42. The van der Waals surface area contributed by atoms with E-state index in [9.17, 15) is 14.4 Å². The number of carbonyl (C=O) groups is 3. The number of imide groups is 1. The zero-order valence-corrected chi connectivity index (χ0v) is 13.1. The number of hydrogen-bond donors (Lipinski definition) is 3.